The molecule has 212 valence electrons. The maximum Gasteiger partial charge on any atom is 0.312 e. The van der Waals surface area contributed by atoms with Crippen molar-refractivity contribution in [1.29, 1.82) is 0 Å². The van der Waals surface area contributed by atoms with E-state index in [1.807, 2.05) is 48.5 Å². The molecule has 2 saturated heterocycles. The summed E-state index contributed by atoms with van der Waals surface area (Å²) in [5.41, 5.74) is 1.95. The van der Waals surface area contributed by atoms with Crippen molar-refractivity contribution in [1.82, 2.24) is 14.8 Å². The second kappa shape index (κ2) is 12.9. The van der Waals surface area contributed by atoms with Gasteiger partial charge in [-0.15, -0.1) is 0 Å². The summed E-state index contributed by atoms with van der Waals surface area (Å²) in [6.07, 6.45) is 3.01. The van der Waals surface area contributed by atoms with Gasteiger partial charge in [0.2, 0.25) is 0 Å². The van der Waals surface area contributed by atoms with Crippen molar-refractivity contribution in [3.8, 4) is 0 Å². The Kier molecular flexibility index (Phi) is 9.09. The molecule has 0 aliphatic carbocycles. The summed E-state index contributed by atoms with van der Waals surface area (Å²) in [4.78, 5) is 35.4. The fourth-order valence-electron chi connectivity index (χ4n) is 5.89. The molecule has 2 aliphatic heterocycles. The fraction of sp³-hybridized carbons (Fsp3) is 0.469. The van der Waals surface area contributed by atoms with E-state index in [0.29, 0.717) is 31.4 Å². The topological polar surface area (TPSA) is 103 Å². The highest BCUT2D eigenvalue weighted by Gasteiger charge is 2.42. The number of rotatable bonds is 3. The number of amides is 1. The number of aromatic nitrogens is 1. The molecule has 2 fully saturated rings. The van der Waals surface area contributed by atoms with Crippen LogP contribution in [0.5, 0.6) is 0 Å². The summed E-state index contributed by atoms with van der Waals surface area (Å²) >= 11 is 0. The molecule has 2 atom stereocenters. The minimum Gasteiger partial charge on any atom is -0.462 e. The third-order valence-electron chi connectivity index (χ3n) is 8.48. The van der Waals surface area contributed by atoms with Crippen molar-refractivity contribution in [3.63, 3.8) is 0 Å². The van der Waals surface area contributed by atoms with Crippen molar-refractivity contribution in [2.75, 3.05) is 32.8 Å². The lowest BCUT2D eigenvalue weighted by molar-refractivity contribution is -0.165. The smallest absolute Gasteiger partial charge is 0.312 e. The lowest BCUT2D eigenvalue weighted by atomic mass is 9.74. The van der Waals surface area contributed by atoms with Crippen LogP contribution in [0.25, 0.3) is 10.9 Å². The van der Waals surface area contributed by atoms with E-state index < -0.39 is 17.6 Å². The fourth-order valence-corrected chi connectivity index (χ4v) is 5.89. The summed E-state index contributed by atoms with van der Waals surface area (Å²) in [6, 6.07) is 19.8. The van der Waals surface area contributed by atoms with E-state index in [4.69, 9.17) is 4.74 Å². The SMILES string of the molecule is O=C(c1cnc2ccccc2c1)N1CCCCC2(CCN(Cc3ccccc3)CC2)C(=O)OC[C@@H](O)[C@@H](O)CC1. The van der Waals surface area contributed by atoms with Gasteiger partial charge in [0, 0.05) is 31.2 Å². The third kappa shape index (κ3) is 6.69. The van der Waals surface area contributed by atoms with Gasteiger partial charge in [0.25, 0.3) is 5.91 Å². The number of para-hydroxylation sites is 1. The van der Waals surface area contributed by atoms with Crippen LogP contribution in [0.3, 0.4) is 0 Å². The van der Waals surface area contributed by atoms with E-state index in [1.54, 1.807) is 11.1 Å². The molecule has 8 heteroatoms. The molecule has 40 heavy (non-hydrogen) atoms. The van der Waals surface area contributed by atoms with E-state index in [2.05, 4.69) is 22.0 Å². The summed E-state index contributed by atoms with van der Waals surface area (Å²) < 4.78 is 5.61. The first-order valence-corrected chi connectivity index (χ1v) is 14.4. The Balaban J connectivity index is 1.27. The van der Waals surface area contributed by atoms with Crippen LogP contribution in [0.1, 0.15) is 54.4 Å². The molecule has 1 aromatic heterocycles. The highest BCUT2D eigenvalue weighted by molar-refractivity contribution is 5.97. The molecule has 2 N–H and O–H groups in total. The van der Waals surface area contributed by atoms with E-state index in [0.717, 1.165) is 43.4 Å². The van der Waals surface area contributed by atoms with E-state index >= 15 is 0 Å². The second-order valence-corrected chi connectivity index (χ2v) is 11.2. The molecule has 5 rings (SSSR count). The van der Waals surface area contributed by atoms with Gasteiger partial charge in [0.1, 0.15) is 12.7 Å². The Morgan fingerprint density at radius 1 is 0.925 bits per heavy atom. The van der Waals surface area contributed by atoms with E-state index in [9.17, 15) is 19.8 Å². The van der Waals surface area contributed by atoms with Gasteiger partial charge in [-0.25, -0.2) is 0 Å². The number of carbonyl (C=O) groups excluding carboxylic acids is 2. The summed E-state index contributed by atoms with van der Waals surface area (Å²) in [5.74, 6) is -0.432. The van der Waals surface area contributed by atoms with Crippen LogP contribution in [-0.4, -0.2) is 81.9 Å². The Hall–Kier alpha value is -3.33. The molecular formula is C32H39N3O5. The van der Waals surface area contributed by atoms with Crippen LogP contribution in [0.4, 0.5) is 0 Å². The summed E-state index contributed by atoms with van der Waals surface area (Å²) in [7, 11) is 0. The number of pyridine rings is 1. The molecule has 2 aromatic carbocycles. The van der Waals surface area contributed by atoms with Gasteiger partial charge in [0.15, 0.2) is 0 Å². The summed E-state index contributed by atoms with van der Waals surface area (Å²) in [6.45, 7) is 2.95. The minimum atomic E-state index is -1.21. The number of aliphatic hydroxyl groups is 2. The van der Waals surface area contributed by atoms with Crippen LogP contribution in [0.2, 0.25) is 0 Å². The second-order valence-electron chi connectivity index (χ2n) is 11.2. The number of piperidine rings is 1. The van der Waals surface area contributed by atoms with Crippen LogP contribution in [0, 0.1) is 5.41 Å². The van der Waals surface area contributed by atoms with Gasteiger partial charge in [-0.2, -0.15) is 0 Å². The molecule has 0 bridgehead atoms. The van der Waals surface area contributed by atoms with E-state index in [1.165, 1.54) is 5.56 Å². The number of carbonyl (C=O) groups is 2. The molecule has 1 spiro atoms. The number of esters is 1. The van der Waals surface area contributed by atoms with Crippen molar-refractivity contribution >= 4 is 22.8 Å². The number of likely N-dealkylation sites (tertiary alicyclic amines) is 1. The van der Waals surface area contributed by atoms with Crippen molar-refractivity contribution in [2.24, 2.45) is 5.41 Å². The third-order valence-corrected chi connectivity index (χ3v) is 8.48. The highest BCUT2D eigenvalue weighted by atomic mass is 16.5. The lowest BCUT2D eigenvalue weighted by Gasteiger charge is -2.40. The molecule has 3 heterocycles. The Morgan fingerprint density at radius 3 is 2.48 bits per heavy atom. The Morgan fingerprint density at radius 2 is 1.68 bits per heavy atom. The van der Waals surface area contributed by atoms with Gasteiger partial charge in [-0.1, -0.05) is 55.0 Å². The van der Waals surface area contributed by atoms with Crippen molar-refractivity contribution in [3.05, 3.63) is 78.0 Å². The Labute approximate surface area is 235 Å². The number of hydrogen-bond donors (Lipinski definition) is 2. The molecular weight excluding hydrogens is 506 g/mol. The quantitative estimate of drug-likeness (QED) is 0.483. The van der Waals surface area contributed by atoms with Crippen LogP contribution in [0.15, 0.2) is 66.9 Å². The molecule has 3 aromatic rings. The zero-order chi connectivity index (χ0) is 28.0. The van der Waals surface area contributed by atoms with Crippen molar-refractivity contribution in [2.45, 2.75) is 57.3 Å². The predicted molar refractivity (Wildman–Crippen MR) is 152 cm³/mol. The molecule has 0 unspecified atom stereocenters. The first-order chi connectivity index (χ1) is 19.4. The molecule has 2 aliphatic rings. The van der Waals surface area contributed by atoms with Gasteiger partial charge in [-0.05, 0) is 62.9 Å². The normalized spacial score (nSPS) is 23.1. The molecule has 8 nitrogen and oxygen atoms in total. The number of cyclic esters (lactones) is 1. The average Bonchev–Trinajstić information content (AvgIpc) is 3.00. The van der Waals surface area contributed by atoms with Gasteiger partial charge >= 0.3 is 5.97 Å². The highest BCUT2D eigenvalue weighted by Crippen LogP contribution is 2.39. The number of fused-ring (bicyclic) bond motifs is 1. The maximum absolute atomic E-state index is 13.5. The number of hydrogen-bond acceptors (Lipinski definition) is 7. The standard InChI is InChI=1S/C32H39N3O5/c36-28-12-17-35(30(38)26-20-25-10-4-5-11-27(25)33-21-26)16-7-6-13-32(31(39)40-23-29(28)37)14-18-34(19-15-32)22-24-8-2-1-3-9-24/h1-5,8-11,20-21,28-29,36-37H,6-7,12-19,22-23H2/t28-,29+/m0/s1. The first kappa shape index (κ1) is 28.2. The predicted octanol–water partition coefficient (Wildman–Crippen LogP) is 3.80. The van der Waals surface area contributed by atoms with E-state index in [-0.39, 0.29) is 31.4 Å². The van der Waals surface area contributed by atoms with Crippen LogP contribution >= 0.6 is 0 Å². The first-order valence-electron chi connectivity index (χ1n) is 14.4. The van der Waals surface area contributed by atoms with Crippen LogP contribution in [-0.2, 0) is 16.1 Å². The van der Waals surface area contributed by atoms with Crippen LogP contribution < -0.4 is 0 Å². The maximum atomic E-state index is 13.5. The molecule has 1 amide bonds. The number of nitrogens with zero attached hydrogens (tertiary/aromatic N) is 3. The Bertz CT molecular complexity index is 1290. The molecule has 0 radical (unpaired) electrons. The number of benzene rings is 2. The average molecular weight is 546 g/mol. The minimum absolute atomic E-state index is 0.147. The molecule has 0 saturated carbocycles. The van der Waals surface area contributed by atoms with Crippen molar-refractivity contribution < 1.29 is 24.5 Å². The van der Waals surface area contributed by atoms with Gasteiger partial charge in [-0.3, -0.25) is 19.5 Å². The zero-order valence-electron chi connectivity index (χ0n) is 23.0. The number of ether oxygens (including phenoxy) is 1. The summed E-state index contributed by atoms with van der Waals surface area (Å²) in [5, 5.41) is 22.1. The number of aliphatic hydroxyl groups excluding tert-OH is 2. The monoisotopic (exact) mass is 545 g/mol. The van der Waals surface area contributed by atoms with Gasteiger partial charge < -0.3 is 19.8 Å². The lowest BCUT2D eigenvalue weighted by Crippen LogP contribution is -2.45. The zero-order valence-corrected chi connectivity index (χ0v) is 23.0. The van der Waals surface area contributed by atoms with Gasteiger partial charge in [0.05, 0.1) is 22.6 Å². The largest absolute Gasteiger partial charge is 0.462 e.